The summed E-state index contributed by atoms with van der Waals surface area (Å²) in [5, 5.41) is 3.37. The predicted molar refractivity (Wildman–Crippen MR) is 40.1 cm³/mol. The molecule has 0 saturated carbocycles. The van der Waals surface area contributed by atoms with Gasteiger partial charge < -0.3 is 10.1 Å². The third-order valence-electron chi connectivity index (χ3n) is 2.73. The van der Waals surface area contributed by atoms with Gasteiger partial charge in [-0.25, -0.2) is 0 Å². The molecule has 0 aromatic heterocycles. The van der Waals surface area contributed by atoms with Crippen LogP contribution in [0.25, 0.3) is 0 Å². The van der Waals surface area contributed by atoms with Crippen molar-refractivity contribution in [3.63, 3.8) is 0 Å². The molecule has 0 aliphatic carbocycles. The molecule has 2 bridgehead atoms. The zero-order valence-corrected chi connectivity index (χ0v) is 6.80. The Hall–Kier alpha value is -0.220. The smallest absolute Gasteiger partial charge is 0.320 e. The van der Waals surface area contributed by atoms with E-state index in [9.17, 15) is 8.78 Å². The summed E-state index contributed by atoms with van der Waals surface area (Å²) in [6, 6.07) is 0.847. The van der Waals surface area contributed by atoms with Gasteiger partial charge >= 0.3 is 6.61 Å². The summed E-state index contributed by atoms with van der Waals surface area (Å²) in [5.41, 5.74) is 0. The van der Waals surface area contributed by atoms with Crippen LogP contribution in [0.15, 0.2) is 0 Å². The Morgan fingerprint density at radius 1 is 1.17 bits per heavy atom. The normalized spacial score (nSPS) is 40.8. The lowest BCUT2D eigenvalue weighted by Crippen LogP contribution is -2.41. The van der Waals surface area contributed by atoms with Crippen molar-refractivity contribution in [1.29, 1.82) is 0 Å². The summed E-state index contributed by atoms with van der Waals surface area (Å²) in [6.07, 6.45) is 3.52. The monoisotopic (exact) mass is 177 g/mol. The Balaban J connectivity index is 1.85. The highest BCUT2D eigenvalue weighted by Gasteiger charge is 2.34. The lowest BCUT2D eigenvalue weighted by atomic mass is 10.0. The van der Waals surface area contributed by atoms with Crippen molar-refractivity contribution >= 4 is 0 Å². The van der Waals surface area contributed by atoms with E-state index in [0.29, 0.717) is 12.1 Å². The molecule has 2 saturated heterocycles. The number of rotatable bonds is 2. The van der Waals surface area contributed by atoms with Crippen molar-refractivity contribution in [1.82, 2.24) is 5.32 Å². The lowest BCUT2D eigenvalue weighted by Gasteiger charge is -2.28. The fraction of sp³-hybridized carbons (Fsp3) is 1.00. The van der Waals surface area contributed by atoms with Gasteiger partial charge in [-0.15, -0.1) is 0 Å². The molecule has 0 spiro atoms. The predicted octanol–water partition coefficient (Wildman–Crippen LogP) is 1.51. The van der Waals surface area contributed by atoms with Crippen LogP contribution in [0.3, 0.4) is 0 Å². The van der Waals surface area contributed by atoms with E-state index in [-0.39, 0.29) is 6.10 Å². The first-order chi connectivity index (χ1) is 5.74. The molecular weight excluding hydrogens is 164 g/mol. The van der Waals surface area contributed by atoms with Gasteiger partial charge in [0.25, 0.3) is 0 Å². The van der Waals surface area contributed by atoms with Crippen LogP contribution in [0.5, 0.6) is 0 Å². The van der Waals surface area contributed by atoms with Crippen molar-refractivity contribution in [3.05, 3.63) is 0 Å². The molecule has 2 nitrogen and oxygen atoms in total. The molecule has 2 aliphatic heterocycles. The van der Waals surface area contributed by atoms with E-state index in [0.717, 1.165) is 25.7 Å². The van der Waals surface area contributed by atoms with Crippen LogP contribution in [0, 0.1) is 0 Å². The van der Waals surface area contributed by atoms with Crippen LogP contribution in [0.1, 0.15) is 25.7 Å². The summed E-state index contributed by atoms with van der Waals surface area (Å²) < 4.78 is 28.2. The first kappa shape index (κ1) is 8.38. The zero-order valence-electron chi connectivity index (χ0n) is 6.80. The third kappa shape index (κ3) is 1.75. The van der Waals surface area contributed by atoms with Crippen molar-refractivity contribution in [2.75, 3.05) is 0 Å². The molecule has 2 rings (SSSR count). The van der Waals surface area contributed by atoms with Crippen LogP contribution in [0.2, 0.25) is 0 Å². The van der Waals surface area contributed by atoms with E-state index < -0.39 is 6.61 Å². The third-order valence-corrected chi connectivity index (χ3v) is 2.73. The quantitative estimate of drug-likeness (QED) is 0.690. The summed E-state index contributed by atoms with van der Waals surface area (Å²) in [7, 11) is 0. The number of nitrogens with one attached hydrogen (secondary N) is 1. The summed E-state index contributed by atoms with van der Waals surface area (Å²) >= 11 is 0. The molecule has 70 valence electrons. The van der Waals surface area contributed by atoms with Crippen LogP contribution >= 0.6 is 0 Å². The van der Waals surface area contributed by atoms with Crippen LogP contribution < -0.4 is 5.32 Å². The first-order valence-electron chi connectivity index (χ1n) is 4.43. The molecular formula is C8H13F2NO. The molecule has 0 aromatic carbocycles. The molecule has 0 aromatic rings. The summed E-state index contributed by atoms with van der Waals surface area (Å²) in [5.74, 6) is 0. The van der Waals surface area contributed by atoms with Crippen molar-refractivity contribution in [3.8, 4) is 0 Å². The molecule has 3 atom stereocenters. The maximum Gasteiger partial charge on any atom is 0.345 e. The fourth-order valence-electron chi connectivity index (χ4n) is 2.26. The molecule has 0 amide bonds. The van der Waals surface area contributed by atoms with Crippen LogP contribution in [-0.4, -0.2) is 24.8 Å². The Morgan fingerprint density at radius 3 is 2.25 bits per heavy atom. The number of hydrogen-bond acceptors (Lipinski definition) is 2. The number of alkyl halides is 2. The van der Waals surface area contributed by atoms with E-state index in [1.165, 1.54) is 0 Å². The number of piperidine rings is 1. The van der Waals surface area contributed by atoms with E-state index in [1.54, 1.807) is 0 Å². The highest BCUT2D eigenvalue weighted by molar-refractivity contribution is 4.92. The number of ether oxygens (including phenoxy) is 1. The molecule has 0 radical (unpaired) electrons. The molecule has 1 N–H and O–H groups in total. The van der Waals surface area contributed by atoms with E-state index in [2.05, 4.69) is 10.1 Å². The fourth-order valence-corrected chi connectivity index (χ4v) is 2.26. The van der Waals surface area contributed by atoms with Gasteiger partial charge in [-0.05, 0) is 25.7 Å². The minimum atomic E-state index is -2.60. The van der Waals surface area contributed by atoms with E-state index in [4.69, 9.17) is 0 Å². The lowest BCUT2D eigenvalue weighted by molar-refractivity contribution is -0.171. The molecule has 4 heteroatoms. The van der Waals surface area contributed by atoms with Gasteiger partial charge in [0.1, 0.15) is 0 Å². The summed E-state index contributed by atoms with van der Waals surface area (Å²) in [4.78, 5) is 0. The van der Waals surface area contributed by atoms with Crippen molar-refractivity contribution in [2.24, 2.45) is 0 Å². The number of fused-ring (bicyclic) bond motifs is 2. The van der Waals surface area contributed by atoms with E-state index in [1.807, 2.05) is 0 Å². The highest BCUT2D eigenvalue weighted by atomic mass is 19.3. The largest absolute Gasteiger partial charge is 0.345 e. The maximum absolute atomic E-state index is 11.9. The maximum atomic E-state index is 11.9. The molecule has 1 unspecified atom stereocenters. The zero-order chi connectivity index (χ0) is 8.55. The first-order valence-corrected chi connectivity index (χ1v) is 4.43. The Morgan fingerprint density at radius 2 is 1.75 bits per heavy atom. The van der Waals surface area contributed by atoms with Gasteiger partial charge in [0.15, 0.2) is 0 Å². The second-order valence-electron chi connectivity index (χ2n) is 3.63. The average Bonchev–Trinajstić information content (AvgIpc) is 2.29. The van der Waals surface area contributed by atoms with Gasteiger partial charge in [0.2, 0.25) is 0 Å². The number of halogens is 2. The molecule has 2 fully saturated rings. The minimum absolute atomic E-state index is 0.219. The second kappa shape index (κ2) is 3.26. The van der Waals surface area contributed by atoms with Crippen LogP contribution in [-0.2, 0) is 4.74 Å². The molecule has 2 aliphatic rings. The van der Waals surface area contributed by atoms with Gasteiger partial charge in [-0.2, -0.15) is 8.78 Å². The molecule has 2 heterocycles. The topological polar surface area (TPSA) is 21.3 Å². The van der Waals surface area contributed by atoms with Gasteiger partial charge in [-0.3, -0.25) is 0 Å². The Kier molecular flexibility index (Phi) is 2.28. The van der Waals surface area contributed by atoms with Gasteiger partial charge in [0, 0.05) is 12.1 Å². The van der Waals surface area contributed by atoms with Crippen molar-refractivity contribution < 1.29 is 13.5 Å². The van der Waals surface area contributed by atoms with Crippen molar-refractivity contribution in [2.45, 2.75) is 50.5 Å². The Bertz CT molecular complexity index is 153. The van der Waals surface area contributed by atoms with Crippen LogP contribution in [0.4, 0.5) is 8.78 Å². The average molecular weight is 177 g/mol. The highest BCUT2D eigenvalue weighted by Crippen LogP contribution is 2.29. The number of hydrogen-bond donors (Lipinski definition) is 1. The van der Waals surface area contributed by atoms with Gasteiger partial charge in [-0.1, -0.05) is 0 Å². The SMILES string of the molecule is FC(F)OC1C[C@H]2CC[C@@H](C1)N2. The Labute approximate surface area is 70.3 Å². The van der Waals surface area contributed by atoms with Gasteiger partial charge in [0.05, 0.1) is 6.10 Å². The minimum Gasteiger partial charge on any atom is -0.320 e. The van der Waals surface area contributed by atoms with E-state index >= 15 is 0 Å². The molecule has 12 heavy (non-hydrogen) atoms. The second-order valence-corrected chi connectivity index (χ2v) is 3.63. The summed E-state index contributed by atoms with van der Waals surface area (Å²) in [6.45, 7) is -2.60. The standard InChI is InChI=1S/C8H13F2NO/c9-8(10)12-7-3-5-1-2-6(4-7)11-5/h5-8,11H,1-4H2/t5-,6+,7?.